The Kier molecular flexibility index (Phi) is 5.42. The molecule has 0 spiro atoms. The highest BCUT2D eigenvalue weighted by Gasteiger charge is 2.19. The molecule has 0 amide bonds. The van der Waals surface area contributed by atoms with Gasteiger partial charge in [0.15, 0.2) is 4.77 Å². The van der Waals surface area contributed by atoms with Crippen molar-refractivity contribution in [3.63, 3.8) is 0 Å². The maximum Gasteiger partial charge on any atom is 0.222 e. The summed E-state index contributed by atoms with van der Waals surface area (Å²) in [7, 11) is 1.79. The van der Waals surface area contributed by atoms with Gasteiger partial charge in [0.25, 0.3) is 0 Å². The molecule has 3 aromatic rings. The van der Waals surface area contributed by atoms with Gasteiger partial charge in [0.1, 0.15) is 0 Å². The Morgan fingerprint density at radius 1 is 1.28 bits per heavy atom. The summed E-state index contributed by atoms with van der Waals surface area (Å²) in [4.78, 5) is 11.8. The second kappa shape index (κ2) is 7.56. The van der Waals surface area contributed by atoms with Crippen LogP contribution in [-0.2, 0) is 0 Å². The molecule has 0 aliphatic carbocycles. The molecule has 0 bridgehead atoms. The maximum absolute atomic E-state index is 6.21. The average Bonchev–Trinajstić information content (AvgIpc) is 3.00. The van der Waals surface area contributed by atoms with E-state index in [0.717, 1.165) is 23.4 Å². The van der Waals surface area contributed by atoms with E-state index < -0.39 is 0 Å². The lowest BCUT2D eigenvalue weighted by atomic mass is 10.0. The van der Waals surface area contributed by atoms with Crippen molar-refractivity contribution in [1.29, 1.82) is 0 Å². The SMILES string of the molecule is CCC(c1ccc(Cl)c(Cl)c1)n1c(-c2ccnc(NC)n2)c[nH]c1=S. The fraction of sp³-hybridized carbons (Fsp3) is 0.235. The normalized spacial score (nSPS) is 12.2. The van der Waals surface area contributed by atoms with Crippen LogP contribution in [0.15, 0.2) is 36.7 Å². The van der Waals surface area contributed by atoms with Crippen molar-refractivity contribution in [2.75, 3.05) is 12.4 Å². The molecule has 0 fully saturated rings. The van der Waals surface area contributed by atoms with Crippen molar-refractivity contribution >= 4 is 41.4 Å². The minimum absolute atomic E-state index is 0.0107. The highest BCUT2D eigenvalue weighted by atomic mass is 35.5. The molecule has 1 aromatic carbocycles. The van der Waals surface area contributed by atoms with Crippen LogP contribution in [-0.4, -0.2) is 26.6 Å². The van der Waals surface area contributed by atoms with Crippen LogP contribution in [0.2, 0.25) is 10.0 Å². The zero-order chi connectivity index (χ0) is 18.0. The zero-order valence-electron chi connectivity index (χ0n) is 13.8. The van der Waals surface area contributed by atoms with E-state index in [-0.39, 0.29) is 6.04 Å². The molecule has 2 N–H and O–H groups in total. The van der Waals surface area contributed by atoms with Crippen molar-refractivity contribution in [2.24, 2.45) is 0 Å². The van der Waals surface area contributed by atoms with Gasteiger partial charge in [-0.3, -0.25) is 0 Å². The van der Waals surface area contributed by atoms with Crippen LogP contribution in [0.1, 0.15) is 24.9 Å². The third kappa shape index (κ3) is 3.56. The Balaban J connectivity index is 2.13. The van der Waals surface area contributed by atoms with E-state index in [2.05, 4.69) is 31.8 Å². The molecule has 2 aromatic heterocycles. The van der Waals surface area contributed by atoms with Crippen LogP contribution in [0.3, 0.4) is 0 Å². The van der Waals surface area contributed by atoms with Crippen molar-refractivity contribution in [3.05, 3.63) is 57.0 Å². The van der Waals surface area contributed by atoms with Gasteiger partial charge in [-0.25, -0.2) is 9.97 Å². The van der Waals surface area contributed by atoms with E-state index in [1.165, 1.54) is 0 Å². The molecule has 130 valence electrons. The van der Waals surface area contributed by atoms with Gasteiger partial charge in [-0.05, 0) is 42.4 Å². The molecule has 2 heterocycles. The lowest BCUT2D eigenvalue weighted by molar-refractivity contribution is 0.564. The van der Waals surface area contributed by atoms with Gasteiger partial charge in [-0.2, -0.15) is 0 Å². The van der Waals surface area contributed by atoms with Gasteiger partial charge in [0, 0.05) is 19.4 Å². The Labute approximate surface area is 161 Å². The summed E-state index contributed by atoms with van der Waals surface area (Å²) in [5.41, 5.74) is 2.71. The molecule has 0 radical (unpaired) electrons. The van der Waals surface area contributed by atoms with E-state index in [0.29, 0.717) is 20.8 Å². The standard InChI is InChI=1S/C17H17Cl2N5S/c1-3-14(10-4-5-11(18)12(19)8-10)24-15(9-22-17(24)25)13-6-7-21-16(20-2)23-13/h4-9,14H,3H2,1-2H3,(H,22,25)(H,20,21,23). The van der Waals surface area contributed by atoms with Gasteiger partial charge in [0.05, 0.1) is 27.5 Å². The van der Waals surface area contributed by atoms with Crippen molar-refractivity contribution in [2.45, 2.75) is 19.4 Å². The Hall–Kier alpha value is -1.89. The summed E-state index contributed by atoms with van der Waals surface area (Å²) in [6, 6.07) is 7.53. The Morgan fingerprint density at radius 2 is 2.08 bits per heavy atom. The number of nitrogens with one attached hydrogen (secondary N) is 2. The number of rotatable bonds is 5. The van der Waals surface area contributed by atoms with Crippen LogP contribution in [0.25, 0.3) is 11.4 Å². The van der Waals surface area contributed by atoms with Crippen molar-refractivity contribution < 1.29 is 0 Å². The molecule has 0 aliphatic heterocycles. The Bertz CT molecular complexity index is 950. The highest BCUT2D eigenvalue weighted by Crippen LogP contribution is 2.32. The third-order valence-corrected chi connectivity index (χ3v) is 5.03. The van der Waals surface area contributed by atoms with E-state index in [4.69, 9.17) is 35.4 Å². The number of nitrogens with zero attached hydrogens (tertiary/aromatic N) is 3. The second-order valence-electron chi connectivity index (χ2n) is 5.46. The van der Waals surface area contributed by atoms with Gasteiger partial charge < -0.3 is 14.9 Å². The first-order valence-corrected chi connectivity index (χ1v) is 8.97. The summed E-state index contributed by atoms with van der Waals surface area (Å²) in [6.45, 7) is 2.10. The monoisotopic (exact) mass is 393 g/mol. The molecule has 3 rings (SSSR count). The van der Waals surface area contributed by atoms with Crippen LogP contribution in [0.4, 0.5) is 5.95 Å². The molecule has 8 heteroatoms. The number of anilines is 1. The molecular formula is C17H17Cl2N5S. The van der Waals surface area contributed by atoms with Crippen LogP contribution < -0.4 is 5.32 Å². The molecule has 0 saturated carbocycles. The minimum atomic E-state index is 0.0107. The molecular weight excluding hydrogens is 377 g/mol. The van der Waals surface area contributed by atoms with Gasteiger partial charge in [-0.1, -0.05) is 36.2 Å². The Morgan fingerprint density at radius 3 is 2.76 bits per heavy atom. The maximum atomic E-state index is 6.21. The molecule has 5 nitrogen and oxygen atoms in total. The quantitative estimate of drug-likeness (QED) is 0.573. The van der Waals surface area contributed by atoms with E-state index >= 15 is 0 Å². The fourth-order valence-electron chi connectivity index (χ4n) is 2.79. The van der Waals surface area contributed by atoms with Crippen LogP contribution in [0.5, 0.6) is 0 Å². The third-order valence-electron chi connectivity index (χ3n) is 3.98. The summed E-state index contributed by atoms with van der Waals surface area (Å²) in [5.74, 6) is 0.554. The molecule has 0 aliphatic rings. The molecule has 0 saturated heterocycles. The first-order chi connectivity index (χ1) is 12.0. The van der Waals surface area contributed by atoms with Gasteiger partial charge in [0.2, 0.25) is 5.95 Å². The minimum Gasteiger partial charge on any atom is -0.357 e. The summed E-state index contributed by atoms with van der Waals surface area (Å²) >= 11 is 17.8. The predicted molar refractivity (Wildman–Crippen MR) is 105 cm³/mol. The molecule has 1 atom stereocenters. The van der Waals surface area contributed by atoms with E-state index in [1.54, 1.807) is 13.2 Å². The lowest BCUT2D eigenvalue weighted by Crippen LogP contribution is -2.12. The number of hydrogen-bond acceptors (Lipinski definition) is 4. The number of aromatic nitrogens is 4. The second-order valence-corrected chi connectivity index (χ2v) is 6.66. The van der Waals surface area contributed by atoms with Crippen molar-refractivity contribution in [1.82, 2.24) is 19.5 Å². The first-order valence-electron chi connectivity index (χ1n) is 7.81. The van der Waals surface area contributed by atoms with Crippen molar-refractivity contribution in [3.8, 4) is 11.4 Å². The number of aromatic amines is 1. The van der Waals surface area contributed by atoms with Crippen LogP contribution in [0, 0.1) is 4.77 Å². The summed E-state index contributed by atoms with van der Waals surface area (Å²) < 4.78 is 2.67. The zero-order valence-corrected chi connectivity index (χ0v) is 16.1. The fourth-order valence-corrected chi connectivity index (χ4v) is 3.39. The number of H-pyrrole nitrogens is 1. The summed E-state index contributed by atoms with van der Waals surface area (Å²) in [5, 5.41) is 4.02. The number of benzene rings is 1. The number of hydrogen-bond donors (Lipinski definition) is 2. The molecule has 1 unspecified atom stereocenters. The highest BCUT2D eigenvalue weighted by molar-refractivity contribution is 7.71. The lowest BCUT2D eigenvalue weighted by Gasteiger charge is -2.20. The number of imidazole rings is 1. The smallest absolute Gasteiger partial charge is 0.222 e. The summed E-state index contributed by atoms with van der Waals surface area (Å²) in [6.07, 6.45) is 4.42. The van der Waals surface area contributed by atoms with E-state index in [1.807, 2.05) is 30.5 Å². The van der Waals surface area contributed by atoms with E-state index in [9.17, 15) is 0 Å². The first kappa shape index (κ1) is 17.9. The van der Waals surface area contributed by atoms with Crippen LogP contribution >= 0.6 is 35.4 Å². The number of halogens is 2. The average molecular weight is 394 g/mol. The van der Waals surface area contributed by atoms with Gasteiger partial charge in [-0.15, -0.1) is 0 Å². The van der Waals surface area contributed by atoms with Gasteiger partial charge >= 0.3 is 0 Å². The molecule has 25 heavy (non-hydrogen) atoms. The predicted octanol–water partition coefficient (Wildman–Crippen LogP) is 5.35. The largest absolute Gasteiger partial charge is 0.357 e. The topological polar surface area (TPSA) is 58.5 Å².